The summed E-state index contributed by atoms with van der Waals surface area (Å²) >= 11 is 0. The van der Waals surface area contributed by atoms with Gasteiger partial charge in [0.1, 0.15) is 10.6 Å². The summed E-state index contributed by atoms with van der Waals surface area (Å²) in [6.07, 6.45) is 0. The van der Waals surface area contributed by atoms with E-state index in [4.69, 9.17) is 10.5 Å². The zero-order valence-electron chi connectivity index (χ0n) is 13.6. The van der Waals surface area contributed by atoms with Crippen LogP contribution in [0.5, 0.6) is 5.75 Å². The van der Waals surface area contributed by atoms with Gasteiger partial charge >= 0.3 is 0 Å². The molecule has 132 valence electrons. The van der Waals surface area contributed by atoms with E-state index in [1.807, 2.05) is 0 Å². The van der Waals surface area contributed by atoms with Gasteiger partial charge in [0.15, 0.2) is 0 Å². The number of nitrogens with two attached hydrogens (primary N) is 1. The number of sulfonamides is 1. The van der Waals surface area contributed by atoms with E-state index in [0.717, 1.165) is 0 Å². The van der Waals surface area contributed by atoms with E-state index in [-0.39, 0.29) is 33.5 Å². The fraction of sp³-hybridized carbons (Fsp3) is 0.125. The number of hydrogen-bond acceptors (Lipinski definition) is 5. The molecule has 0 aromatic heterocycles. The summed E-state index contributed by atoms with van der Waals surface area (Å²) in [6.45, 7) is 1.31. The van der Waals surface area contributed by atoms with Crippen molar-refractivity contribution in [1.82, 2.24) is 0 Å². The van der Waals surface area contributed by atoms with Crippen LogP contribution in [0.3, 0.4) is 0 Å². The highest BCUT2D eigenvalue weighted by atomic mass is 32.2. The lowest BCUT2D eigenvalue weighted by Gasteiger charge is -2.14. The van der Waals surface area contributed by atoms with Crippen molar-refractivity contribution in [3.8, 4) is 5.75 Å². The van der Waals surface area contributed by atoms with Crippen molar-refractivity contribution in [2.75, 3.05) is 17.1 Å². The SMILES string of the molecule is COc1ccc(NC(C)=O)cc1S(=O)(=O)Nc1ccccc1C(N)=O. The molecule has 0 unspecified atom stereocenters. The fourth-order valence-corrected chi connectivity index (χ4v) is 3.43. The first-order valence-corrected chi connectivity index (χ1v) is 8.60. The third-order valence-corrected chi connectivity index (χ3v) is 4.60. The number of benzene rings is 2. The maximum Gasteiger partial charge on any atom is 0.265 e. The Kier molecular flexibility index (Phi) is 5.28. The van der Waals surface area contributed by atoms with Gasteiger partial charge in [-0.3, -0.25) is 14.3 Å². The zero-order valence-corrected chi connectivity index (χ0v) is 14.4. The number of carbonyl (C=O) groups is 2. The predicted octanol–water partition coefficient (Wildman–Crippen LogP) is 1.55. The number of primary amides is 1. The van der Waals surface area contributed by atoms with Gasteiger partial charge in [-0.2, -0.15) is 0 Å². The summed E-state index contributed by atoms with van der Waals surface area (Å²) in [7, 11) is -2.78. The molecule has 0 radical (unpaired) electrons. The molecular formula is C16H17N3O5S. The van der Waals surface area contributed by atoms with Crippen LogP contribution in [0.2, 0.25) is 0 Å². The molecule has 0 spiro atoms. The van der Waals surface area contributed by atoms with Gasteiger partial charge in [-0.1, -0.05) is 12.1 Å². The van der Waals surface area contributed by atoms with Crippen LogP contribution in [0, 0.1) is 0 Å². The van der Waals surface area contributed by atoms with Crippen LogP contribution in [0.4, 0.5) is 11.4 Å². The lowest BCUT2D eigenvalue weighted by Crippen LogP contribution is -2.19. The molecule has 9 heteroatoms. The molecule has 25 heavy (non-hydrogen) atoms. The zero-order chi connectivity index (χ0) is 18.6. The molecule has 2 aromatic rings. The summed E-state index contributed by atoms with van der Waals surface area (Å²) in [5, 5.41) is 2.50. The average molecular weight is 363 g/mol. The van der Waals surface area contributed by atoms with Crippen LogP contribution in [-0.4, -0.2) is 27.3 Å². The second kappa shape index (κ2) is 7.22. The van der Waals surface area contributed by atoms with Crippen molar-refractivity contribution in [2.24, 2.45) is 5.73 Å². The normalized spacial score (nSPS) is 10.8. The van der Waals surface area contributed by atoms with E-state index in [1.165, 1.54) is 44.4 Å². The van der Waals surface area contributed by atoms with E-state index >= 15 is 0 Å². The molecule has 2 aromatic carbocycles. The van der Waals surface area contributed by atoms with Crippen molar-refractivity contribution in [2.45, 2.75) is 11.8 Å². The second-order valence-electron chi connectivity index (χ2n) is 5.06. The van der Waals surface area contributed by atoms with Gasteiger partial charge in [-0.05, 0) is 30.3 Å². The minimum Gasteiger partial charge on any atom is -0.495 e. The van der Waals surface area contributed by atoms with Crippen molar-refractivity contribution >= 4 is 33.2 Å². The van der Waals surface area contributed by atoms with Crippen LogP contribution < -0.4 is 20.5 Å². The molecule has 0 fully saturated rings. The molecule has 0 atom stereocenters. The molecule has 0 heterocycles. The van der Waals surface area contributed by atoms with Gasteiger partial charge in [-0.15, -0.1) is 0 Å². The van der Waals surface area contributed by atoms with Crippen LogP contribution in [0.1, 0.15) is 17.3 Å². The Labute approximate surface area is 145 Å². The maximum atomic E-state index is 12.7. The summed E-state index contributed by atoms with van der Waals surface area (Å²) in [4.78, 5) is 22.4. The molecule has 2 rings (SSSR count). The molecule has 0 aliphatic carbocycles. The third-order valence-electron chi connectivity index (χ3n) is 3.21. The number of ether oxygens (including phenoxy) is 1. The number of amides is 2. The number of nitrogens with one attached hydrogen (secondary N) is 2. The maximum absolute atomic E-state index is 12.7. The highest BCUT2D eigenvalue weighted by molar-refractivity contribution is 7.92. The molecule has 2 amide bonds. The molecule has 0 saturated heterocycles. The molecule has 0 bridgehead atoms. The van der Waals surface area contributed by atoms with Crippen molar-refractivity contribution in [3.05, 3.63) is 48.0 Å². The van der Waals surface area contributed by atoms with E-state index in [1.54, 1.807) is 12.1 Å². The Morgan fingerprint density at radius 3 is 2.40 bits per heavy atom. The minimum atomic E-state index is -4.10. The van der Waals surface area contributed by atoms with E-state index in [9.17, 15) is 18.0 Å². The Morgan fingerprint density at radius 2 is 1.80 bits per heavy atom. The first-order valence-electron chi connectivity index (χ1n) is 7.12. The smallest absolute Gasteiger partial charge is 0.265 e. The highest BCUT2D eigenvalue weighted by Crippen LogP contribution is 2.29. The Bertz CT molecular complexity index is 925. The summed E-state index contributed by atoms with van der Waals surface area (Å²) in [6, 6.07) is 10.1. The van der Waals surface area contributed by atoms with Gasteiger partial charge in [0.25, 0.3) is 15.9 Å². The second-order valence-corrected chi connectivity index (χ2v) is 6.71. The van der Waals surface area contributed by atoms with Gasteiger partial charge in [0.2, 0.25) is 5.91 Å². The van der Waals surface area contributed by atoms with Crippen LogP contribution in [-0.2, 0) is 14.8 Å². The van der Waals surface area contributed by atoms with Crippen LogP contribution in [0.15, 0.2) is 47.4 Å². The van der Waals surface area contributed by atoms with Gasteiger partial charge in [-0.25, -0.2) is 8.42 Å². The van der Waals surface area contributed by atoms with Crippen LogP contribution >= 0.6 is 0 Å². The third kappa shape index (κ3) is 4.27. The van der Waals surface area contributed by atoms with E-state index in [0.29, 0.717) is 0 Å². The molecular weight excluding hydrogens is 346 g/mol. The first-order chi connectivity index (χ1) is 11.7. The Morgan fingerprint density at radius 1 is 1.12 bits per heavy atom. The van der Waals surface area contributed by atoms with Gasteiger partial charge in [0, 0.05) is 12.6 Å². The fourth-order valence-electron chi connectivity index (χ4n) is 2.15. The molecule has 8 nitrogen and oxygen atoms in total. The van der Waals surface area contributed by atoms with Crippen LogP contribution in [0.25, 0.3) is 0 Å². The van der Waals surface area contributed by atoms with Gasteiger partial charge in [0.05, 0.1) is 18.4 Å². The number of para-hydroxylation sites is 1. The Hall–Kier alpha value is -3.07. The number of rotatable bonds is 6. The standard InChI is InChI=1S/C16H17N3O5S/c1-10(20)18-11-7-8-14(24-2)15(9-11)25(22,23)19-13-6-4-3-5-12(13)16(17)21/h3-9,19H,1-2H3,(H2,17,21)(H,18,20). The van der Waals surface area contributed by atoms with Crippen molar-refractivity contribution < 1.29 is 22.7 Å². The van der Waals surface area contributed by atoms with Crippen molar-refractivity contribution in [1.29, 1.82) is 0 Å². The van der Waals surface area contributed by atoms with E-state index < -0.39 is 15.9 Å². The molecule has 4 N–H and O–H groups in total. The largest absolute Gasteiger partial charge is 0.495 e. The molecule has 0 aliphatic rings. The highest BCUT2D eigenvalue weighted by Gasteiger charge is 2.22. The summed E-state index contributed by atoms with van der Waals surface area (Å²) < 4.78 is 32.9. The minimum absolute atomic E-state index is 0.0306. The van der Waals surface area contributed by atoms with E-state index in [2.05, 4.69) is 10.0 Å². The average Bonchev–Trinajstić information content (AvgIpc) is 2.54. The van der Waals surface area contributed by atoms with Crippen molar-refractivity contribution in [3.63, 3.8) is 0 Å². The molecule has 0 saturated carbocycles. The number of methoxy groups -OCH3 is 1. The lowest BCUT2D eigenvalue weighted by atomic mass is 10.2. The quantitative estimate of drug-likeness (QED) is 0.717. The molecule has 0 aliphatic heterocycles. The number of carbonyl (C=O) groups excluding carboxylic acids is 2. The Balaban J connectivity index is 2.49. The number of hydrogen-bond donors (Lipinski definition) is 3. The summed E-state index contributed by atoms with van der Waals surface area (Å²) in [5.41, 5.74) is 5.62. The monoisotopic (exact) mass is 363 g/mol. The first kappa shape index (κ1) is 18.3. The summed E-state index contributed by atoms with van der Waals surface area (Å²) in [5.74, 6) is -1.03. The predicted molar refractivity (Wildman–Crippen MR) is 93.1 cm³/mol. The lowest BCUT2D eigenvalue weighted by molar-refractivity contribution is -0.114. The number of anilines is 2. The van der Waals surface area contributed by atoms with Gasteiger partial charge < -0.3 is 15.8 Å². The topological polar surface area (TPSA) is 128 Å².